The molecule has 0 amide bonds. The van der Waals surface area contributed by atoms with Gasteiger partial charge in [-0.1, -0.05) is 0 Å². The van der Waals surface area contributed by atoms with Gasteiger partial charge >= 0.3 is 6.18 Å². The van der Waals surface area contributed by atoms with Gasteiger partial charge in [0.2, 0.25) is 5.60 Å². The van der Waals surface area contributed by atoms with Crippen LogP contribution in [0.2, 0.25) is 0 Å². The molecule has 0 aliphatic carbocycles. The Hall–Kier alpha value is -0.410. The van der Waals surface area contributed by atoms with Gasteiger partial charge in [0.15, 0.2) is 18.2 Å². The van der Waals surface area contributed by atoms with Gasteiger partial charge in [0.25, 0.3) is 0 Å². The second kappa shape index (κ2) is 3.55. The summed E-state index contributed by atoms with van der Waals surface area (Å²) in [6, 6.07) is 0. The molecule has 2 fully saturated rings. The Morgan fingerprint density at radius 2 is 1.82 bits per heavy atom. The molecule has 2 N–H and O–H groups in total. The topological polar surface area (TPSA) is 68.2 Å². The standard InChI is InChI=1S/C9H13F3O5/c1-7(2)16-5-6(17-7)15-4(3-13)8(5,14)9(10,11)12/h4-6,13-14H,3H2,1-2H3/t4-,5+,6-,8-/m1/s1. The number of halogens is 3. The number of ether oxygens (including phenoxy) is 3. The van der Waals surface area contributed by atoms with Crippen LogP contribution in [-0.4, -0.2) is 52.9 Å². The van der Waals surface area contributed by atoms with Gasteiger partial charge in [-0.25, -0.2) is 0 Å². The van der Waals surface area contributed by atoms with Crippen LogP contribution in [0.15, 0.2) is 0 Å². The minimum atomic E-state index is -4.98. The third-order valence-corrected chi connectivity index (χ3v) is 2.90. The number of aliphatic hydroxyl groups excluding tert-OH is 1. The molecule has 4 atom stereocenters. The molecule has 2 aliphatic heterocycles. The molecule has 0 radical (unpaired) electrons. The van der Waals surface area contributed by atoms with Crippen LogP contribution in [0.4, 0.5) is 13.2 Å². The Balaban J connectivity index is 2.35. The predicted molar refractivity (Wildman–Crippen MR) is 46.8 cm³/mol. The molecule has 8 heteroatoms. The van der Waals surface area contributed by atoms with E-state index in [-0.39, 0.29) is 0 Å². The summed E-state index contributed by atoms with van der Waals surface area (Å²) in [7, 11) is 0. The number of aliphatic hydroxyl groups is 2. The summed E-state index contributed by atoms with van der Waals surface area (Å²) in [5.41, 5.74) is -3.26. The number of alkyl halides is 3. The lowest BCUT2D eigenvalue weighted by atomic mass is 9.92. The van der Waals surface area contributed by atoms with E-state index >= 15 is 0 Å². The van der Waals surface area contributed by atoms with Gasteiger partial charge in [-0.05, 0) is 13.8 Å². The van der Waals surface area contributed by atoms with E-state index in [0.717, 1.165) is 0 Å². The molecule has 100 valence electrons. The lowest BCUT2D eigenvalue weighted by Gasteiger charge is -2.34. The number of hydrogen-bond acceptors (Lipinski definition) is 5. The summed E-state index contributed by atoms with van der Waals surface area (Å²) in [6.07, 6.45) is -9.83. The van der Waals surface area contributed by atoms with Crippen molar-refractivity contribution in [2.75, 3.05) is 6.61 Å². The molecule has 2 heterocycles. The fourth-order valence-corrected chi connectivity index (χ4v) is 2.10. The van der Waals surface area contributed by atoms with E-state index in [2.05, 4.69) is 0 Å². The molecule has 2 saturated heterocycles. The van der Waals surface area contributed by atoms with E-state index in [9.17, 15) is 18.3 Å². The van der Waals surface area contributed by atoms with Crippen LogP contribution in [0.3, 0.4) is 0 Å². The normalized spacial score (nSPS) is 45.0. The summed E-state index contributed by atoms with van der Waals surface area (Å²) in [5.74, 6) is -1.27. The largest absolute Gasteiger partial charge is 0.422 e. The highest BCUT2D eigenvalue weighted by Crippen LogP contribution is 2.49. The maximum absolute atomic E-state index is 12.9. The predicted octanol–water partition coefficient (Wildman–Crippen LogP) is 0.149. The van der Waals surface area contributed by atoms with E-state index in [4.69, 9.17) is 19.3 Å². The molecule has 17 heavy (non-hydrogen) atoms. The van der Waals surface area contributed by atoms with Crippen molar-refractivity contribution in [3.8, 4) is 0 Å². The van der Waals surface area contributed by atoms with Crippen molar-refractivity contribution in [2.24, 2.45) is 0 Å². The first-order valence-electron chi connectivity index (χ1n) is 5.03. The van der Waals surface area contributed by atoms with Crippen molar-refractivity contribution in [2.45, 2.75) is 49.9 Å². The molecule has 0 bridgehead atoms. The van der Waals surface area contributed by atoms with Crippen molar-refractivity contribution in [3.63, 3.8) is 0 Å². The highest BCUT2D eigenvalue weighted by molar-refractivity contribution is 5.09. The molecule has 0 saturated carbocycles. The van der Waals surface area contributed by atoms with E-state index in [1.54, 1.807) is 0 Å². The van der Waals surface area contributed by atoms with Crippen LogP contribution in [-0.2, 0) is 14.2 Å². The first kappa shape index (κ1) is 13.0. The molecule has 0 aromatic rings. The number of hydrogen-bond donors (Lipinski definition) is 2. The van der Waals surface area contributed by atoms with Crippen LogP contribution < -0.4 is 0 Å². The third-order valence-electron chi connectivity index (χ3n) is 2.90. The van der Waals surface area contributed by atoms with Crippen LogP contribution in [0.5, 0.6) is 0 Å². The second-order valence-electron chi connectivity index (χ2n) is 4.55. The molecule has 0 unspecified atom stereocenters. The van der Waals surface area contributed by atoms with Gasteiger partial charge in [0, 0.05) is 0 Å². The van der Waals surface area contributed by atoms with E-state index in [1.165, 1.54) is 13.8 Å². The van der Waals surface area contributed by atoms with E-state index in [1.807, 2.05) is 0 Å². The highest BCUT2D eigenvalue weighted by Gasteiger charge is 2.74. The summed E-state index contributed by atoms with van der Waals surface area (Å²) in [4.78, 5) is 0. The van der Waals surface area contributed by atoms with Gasteiger partial charge in [-0.15, -0.1) is 0 Å². The zero-order valence-electron chi connectivity index (χ0n) is 9.19. The number of rotatable bonds is 1. The fraction of sp³-hybridized carbons (Fsp3) is 1.00. The minimum absolute atomic E-state index is 0.976. The van der Waals surface area contributed by atoms with Crippen molar-refractivity contribution < 1.29 is 37.6 Å². The maximum atomic E-state index is 12.9. The average Bonchev–Trinajstić information content (AvgIpc) is 2.58. The van der Waals surface area contributed by atoms with Gasteiger partial charge in [0.05, 0.1) is 6.61 Å². The molecular weight excluding hydrogens is 245 g/mol. The SMILES string of the molecule is CC1(C)O[C@H]2O[C@H](CO)[C@](O)(C(F)(F)F)[C@H]2O1. The molecule has 2 aliphatic rings. The van der Waals surface area contributed by atoms with Crippen LogP contribution in [0.1, 0.15) is 13.8 Å². The molecular formula is C9H13F3O5. The van der Waals surface area contributed by atoms with Gasteiger partial charge in [0.1, 0.15) is 6.10 Å². The van der Waals surface area contributed by atoms with Gasteiger partial charge in [-0.2, -0.15) is 13.2 Å². The molecule has 0 aromatic carbocycles. The first-order valence-corrected chi connectivity index (χ1v) is 5.03. The van der Waals surface area contributed by atoms with Crippen LogP contribution in [0, 0.1) is 0 Å². The fourth-order valence-electron chi connectivity index (χ4n) is 2.10. The zero-order chi connectivity index (χ0) is 13.1. The summed E-state index contributed by atoms with van der Waals surface area (Å²) in [6.45, 7) is 1.86. The third kappa shape index (κ3) is 1.75. The van der Waals surface area contributed by atoms with Gasteiger partial charge < -0.3 is 24.4 Å². The summed E-state index contributed by atoms with van der Waals surface area (Å²) >= 11 is 0. The van der Waals surface area contributed by atoms with Crippen molar-refractivity contribution in [3.05, 3.63) is 0 Å². The average molecular weight is 258 g/mol. The van der Waals surface area contributed by atoms with E-state index < -0.39 is 42.7 Å². The maximum Gasteiger partial charge on any atom is 0.422 e. The van der Waals surface area contributed by atoms with Crippen LogP contribution in [0.25, 0.3) is 0 Å². The van der Waals surface area contributed by atoms with Crippen molar-refractivity contribution in [1.82, 2.24) is 0 Å². The van der Waals surface area contributed by atoms with Gasteiger partial charge in [-0.3, -0.25) is 0 Å². The Bertz CT molecular complexity index is 318. The first-order chi connectivity index (χ1) is 7.62. The number of fused-ring (bicyclic) bond motifs is 1. The lowest BCUT2D eigenvalue weighted by molar-refractivity contribution is -0.317. The summed E-state index contributed by atoms with van der Waals surface area (Å²) < 4.78 is 53.6. The van der Waals surface area contributed by atoms with Crippen LogP contribution >= 0.6 is 0 Å². The Morgan fingerprint density at radius 1 is 1.24 bits per heavy atom. The Morgan fingerprint density at radius 3 is 2.29 bits per heavy atom. The smallest absolute Gasteiger partial charge is 0.394 e. The quantitative estimate of drug-likeness (QED) is 0.700. The second-order valence-corrected chi connectivity index (χ2v) is 4.55. The van der Waals surface area contributed by atoms with E-state index in [0.29, 0.717) is 0 Å². The van der Waals surface area contributed by atoms with Crippen molar-refractivity contribution in [1.29, 1.82) is 0 Å². The Labute approximate surface area is 95.1 Å². The molecule has 0 aromatic heterocycles. The summed E-state index contributed by atoms with van der Waals surface area (Å²) in [5, 5.41) is 18.6. The molecule has 5 nitrogen and oxygen atoms in total. The Kier molecular flexibility index (Phi) is 2.72. The molecule has 0 spiro atoms. The molecule has 2 rings (SSSR count). The highest BCUT2D eigenvalue weighted by atomic mass is 19.4. The minimum Gasteiger partial charge on any atom is -0.394 e. The van der Waals surface area contributed by atoms with Crippen molar-refractivity contribution >= 4 is 0 Å². The zero-order valence-corrected chi connectivity index (χ0v) is 9.19. The monoisotopic (exact) mass is 258 g/mol. The lowest BCUT2D eigenvalue weighted by Crippen LogP contribution is -2.60.